The molecule has 0 saturated carbocycles. The van der Waals surface area contributed by atoms with Crippen molar-refractivity contribution in [3.05, 3.63) is 42.0 Å². The van der Waals surface area contributed by atoms with Crippen molar-refractivity contribution in [1.29, 1.82) is 0 Å². The van der Waals surface area contributed by atoms with Crippen LogP contribution in [0.15, 0.2) is 35.5 Å². The third kappa shape index (κ3) is 4.18. The monoisotopic (exact) mass is 419 g/mol. The summed E-state index contributed by atoms with van der Waals surface area (Å²) in [4.78, 5) is 28.9. The van der Waals surface area contributed by atoms with Gasteiger partial charge in [-0.05, 0) is 18.6 Å². The molecule has 9 nitrogen and oxygen atoms in total. The molecule has 0 bridgehead atoms. The molecule has 1 aromatic heterocycles. The number of fused-ring (bicyclic) bond motifs is 3. The minimum Gasteiger partial charge on any atom is -0.358 e. The highest BCUT2D eigenvalue weighted by Crippen LogP contribution is 2.31. The van der Waals surface area contributed by atoms with Gasteiger partial charge in [0.25, 0.3) is 5.91 Å². The second-order valence-corrected chi connectivity index (χ2v) is 8.69. The highest BCUT2D eigenvalue weighted by atomic mass is 32.2. The first kappa shape index (κ1) is 21.0. The minimum absolute atomic E-state index is 0.0648. The van der Waals surface area contributed by atoms with E-state index in [4.69, 9.17) is 0 Å². The molecule has 0 radical (unpaired) electrons. The van der Waals surface area contributed by atoms with Gasteiger partial charge in [0.1, 0.15) is 11.2 Å². The number of nitrogens with zero attached hydrogens (tertiary/aromatic N) is 3. The van der Waals surface area contributed by atoms with Crippen molar-refractivity contribution in [3.63, 3.8) is 0 Å². The molecule has 2 heterocycles. The van der Waals surface area contributed by atoms with Crippen molar-refractivity contribution in [2.75, 3.05) is 20.1 Å². The Labute approximate surface area is 170 Å². The number of hydrogen-bond acceptors (Lipinski definition) is 5. The molecule has 1 aliphatic heterocycles. The number of para-hydroxylation sites is 1. The molecule has 2 N–H and O–H groups in total. The van der Waals surface area contributed by atoms with Crippen molar-refractivity contribution in [2.45, 2.75) is 37.6 Å². The number of unbranched alkanes of at least 4 members (excludes halogenated alkanes) is 2. The molecule has 1 aliphatic rings. The maximum absolute atomic E-state index is 13.2. The minimum atomic E-state index is -3.94. The number of sulfonamides is 1. The highest BCUT2D eigenvalue weighted by Gasteiger charge is 2.35. The van der Waals surface area contributed by atoms with E-state index in [2.05, 4.69) is 22.5 Å². The predicted octanol–water partition coefficient (Wildman–Crippen LogP) is 1.04. The van der Waals surface area contributed by atoms with E-state index in [1.54, 1.807) is 22.8 Å². The van der Waals surface area contributed by atoms with Gasteiger partial charge in [0.15, 0.2) is 5.69 Å². The lowest BCUT2D eigenvalue weighted by Gasteiger charge is -2.19. The standard InChI is InChI=1S/C19H25N5O4S/c1-3-4-7-10-21-19(26)18-15-11-23(12-17(25)20-2)29(27,28)16-9-6-5-8-14(16)24(15)13-22-18/h5-6,8-9,13H,3-4,7,10-12H2,1-2H3,(H,20,25)(H,21,26). The van der Waals surface area contributed by atoms with Gasteiger partial charge in [-0.2, -0.15) is 4.31 Å². The van der Waals surface area contributed by atoms with E-state index in [-0.39, 0.29) is 29.6 Å². The molecular formula is C19H25N5O4S. The zero-order valence-corrected chi connectivity index (χ0v) is 17.3. The van der Waals surface area contributed by atoms with E-state index in [0.29, 0.717) is 17.9 Å². The van der Waals surface area contributed by atoms with Gasteiger partial charge in [-0.1, -0.05) is 31.9 Å². The molecule has 1 aromatic carbocycles. The molecule has 0 spiro atoms. The molecule has 0 fully saturated rings. The number of likely N-dealkylation sites (N-methyl/N-ethyl adjacent to an activating group) is 1. The Morgan fingerprint density at radius 2 is 1.97 bits per heavy atom. The Kier molecular flexibility index (Phi) is 6.33. The fourth-order valence-corrected chi connectivity index (χ4v) is 4.77. The molecule has 29 heavy (non-hydrogen) atoms. The van der Waals surface area contributed by atoms with Crippen LogP contribution in [0.5, 0.6) is 0 Å². The van der Waals surface area contributed by atoms with Crippen molar-refractivity contribution in [3.8, 4) is 5.69 Å². The summed E-state index contributed by atoms with van der Waals surface area (Å²) in [5.74, 6) is -0.795. The molecule has 0 atom stereocenters. The summed E-state index contributed by atoms with van der Waals surface area (Å²) in [6.45, 7) is 2.11. The molecule has 0 saturated heterocycles. The van der Waals surface area contributed by atoms with Crippen molar-refractivity contribution < 1.29 is 18.0 Å². The Morgan fingerprint density at radius 3 is 2.69 bits per heavy atom. The first-order valence-corrected chi connectivity index (χ1v) is 11.0. The lowest BCUT2D eigenvalue weighted by Crippen LogP contribution is -2.39. The van der Waals surface area contributed by atoms with Crippen LogP contribution in [0.25, 0.3) is 5.69 Å². The second kappa shape index (κ2) is 8.75. The predicted molar refractivity (Wildman–Crippen MR) is 107 cm³/mol. The number of rotatable bonds is 7. The van der Waals surface area contributed by atoms with E-state index in [1.807, 2.05) is 0 Å². The number of amides is 2. The molecule has 0 unspecified atom stereocenters. The smallest absolute Gasteiger partial charge is 0.271 e. The Morgan fingerprint density at radius 1 is 1.21 bits per heavy atom. The van der Waals surface area contributed by atoms with E-state index in [9.17, 15) is 18.0 Å². The molecule has 3 rings (SSSR count). The van der Waals surface area contributed by atoms with Crippen molar-refractivity contribution >= 4 is 21.8 Å². The number of nitrogens with one attached hydrogen (secondary N) is 2. The van der Waals surface area contributed by atoms with Gasteiger partial charge in [0.2, 0.25) is 15.9 Å². The fourth-order valence-electron chi connectivity index (χ4n) is 3.23. The Bertz CT molecular complexity index is 1020. The van der Waals surface area contributed by atoms with Crippen molar-refractivity contribution in [1.82, 2.24) is 24.5 Å². The van der Waals surface area contributed by atoms with Crippen LogP contribution in [0.1, 0.15) is 42.4 Å². The van der Waals surface area contributed by atoms with Crippen LogP contribution >= 0.6 is 0 Å². The van der Waals surface area contributed by atoms with Crippen LogP contribution in [-0.2, 0) is 21.4 Å². The summed E-state index contributed by atoms with van der Waals surface area (Å²) in [6, 6.07) is 6.49. The second-order valence-electron chi connectivity index (χ2n) is 6.79. The third-order valence-electron chi connectivity index (χ3n) is 4.81. The molecular weight excluding hydrogens is 394 g/mol. The van der Waals surface area contributed by atoms with Gasteiger partial charge in [-0.3, -0.25) is 14.2 Å². The lowest BCUT2D eigenvalue weighted by molar-refractivity contribution is -0.120. The van der Waals surface area contributed by atoms with Crippen LogP contribution in [0, 0.1) is 0 Å². The van der Waals surface area contributed by atoms with E-state index in [0.717, 1.165) is 23.6 Å². The SMILES string of the molecule is CCCCCNC(=O)c1ncn2c1CN(CC(=O)NC)S(=O)(=O)c1ccccc1-2. The summed E-state index contributed by atoms with van der Waals surface area (Å²) < 4.78 is 29.0. The number of imidazole rings is 1. The van der Waals surface area contributed by atoms with Gasteiger partial charge in [0.05, 0.1) is 24.5 Å². The summed E-state index contributed by atoms with van der Waals surface area (Å²) in [5.41, 5.74) is 0.991. The van der Waals surface area contributed by atoms with Crippen LogP contribution in [0.3, 0.4) is 0 Å². The fraction of sp³-hybridized carbons (Fsp3) is 0.421. The topological polar surface area (TPSA) is 113 Å². The molecule has 2 aromatic rings. The van der Waals surface area contributed by atoms with Gasteiger partial charge < -0.3 is 10.6 Å². The number of aromatic nitrogens is 2. The Balaban J connectivity index is 2.03. The van der Waals surface area contributed by atoms with Crippen LogP contribution in [0.4, 0.5) is 0 Å². The van der Waals surface area contributed by atoms with Crippen molar-refractivity contribution in [2.24, 2.45) is 0 Å². The summed E-state index contributed by atoms with van der Waals surface area (Å²) >= 11 is 0. The first-order valence-electron chi connectivity index (χ1n) is 9.54. The molecule has 156 valence electrons. The van der Waals surface area contributed by atoms with Gasteiger partial charge in [-0.15, -0.1) is 0 Å². The largest absolute Gasteiger partial charge is 0.358 e. The average molecular weight is 420 g/mol. The van der Waals surface area contributed by atoms with E-state index in [1.165, 1.54) is 19.4 Å². The van der Waals surface area contributed by atoms with E-state index >= 15 is 0 Å². The highest BCUT2D eigenvalue weighted by molar-refractivity contribution is 7.89. The maximum Gasteiger partial charge on any atom is 0.271 e. The maximum atomic E-state index is 13.2. The zero-order chi connectivity index (χ0) is 21.0. The van der Waals surface area contributed by atoms with E-state index < -0.39 is 15.9 Å². The number of carbonyl (C=O) groups is 2. The van der Waals surface area contributed by atoms with Gasteiger partial charge >= 0.3 is 0 Å². The summed E-state index contributed by atoms with van der Waals surface area (Å²) in [7, 11) is -2.49. The van der Waals surface area contributed by atoms with Crippen LogP contribution < -0.4 is 10.6 Å². The molecule has 2 amide bonds. The van der Waals surface area contributed by atoms with Crippen LogP contribution in [-0.4, -0.2) is 54.2 Å². The number of hydrogen-bond donors (Lipinski definition) is 2. The zero-order valence-electron chi connectivity index (χ0n) is 16.5. The average Bonchev–Trinajstić information content (AvgIpc) is 3.10. The summed E-state index contributed by atoms with van der Waals surface area (Å²) in [5, 5.41) is 5.28. The third-order valence-corrected chi connectivity index (χ3v) is 6.65. The van der Waals surface area contributed by atoms with Gasteiger partial charge in [-0.25, -0.2) is 13.4 Å². The van der Waals surface area contributed by atoms with Gasteiger partial charge in [0, 0.05) is 13.6 Å². The normalized spacial score (nSPS) is 15.1. The molecule has 0 aliphatic carbocycles. The Hall–Kier alpha value is -2.72. The number of carbonyl (C=O) groups excluding carboxylic acids is 2. The quantitative estimate of drug-likeness (QED) is 0.651. The first-order chi connectivity index (χ1) is 13.9. The summed E-state index contributed by atoms with van der Waals surface area (Å²) in [6.07, 6.45) is 4.36. The molecule has 10 heteroatoms. The lowest BCUT2D eigenvalue weighted by atomic mass is 10.2. The number of benzene rings is 1. The van der Waals surface area contributed by atoms with Crippen LogP contribution in [0.2, 0.25) is 0 Å².